The zero-order valence-electron chi connectivity index (χ0n) is 10.4. The minimum Gasteiger partial charge on any atom is -0.481 e. The number of rotatable bonds is 5. The zero-order valence-corrected chi connectivity index (χ0v) is 10.4. The molecule has 1 atom stereocenters. The minimum atomic E-state index is -0.897. The fourth-order valence-electron chi connectivity index (χ4n) is 2.07. The number of carbonyl (C=O) groups excluding carboxylic acids is 1. The summed E-state index contributed by atoms with van der Waals surface area (Å²) >= 11 is 0. The van der Waals surface area contributed by atoms with Gasteiger partial charge in [-0.15, -0.1) is 0 Å². The molecule has 0 radical (unpaired) electrons. The molecule has 98 valence electrons. The monoisotopic (exact) mass is 252 g/mol. The van der Waals surface area contributed by atoms with Crippen molar-refractivity contribution in [3.8, 4) is 0 Å². The van der Waals surface area contributed by atoms with Gasteiger partial charge in [0.2, 0.25) is 0 Å². The molecule has 6 heteroatoms. The lowest BCUT2D eigenvalue weighted by molar-refractivity contribution is -0.137. The van der Waals surface area contributed by atoms with E-state index in [1.165, 1.54) is 0 Å². The van der Waals surface area contributed by atoms with E-state index in [0.717, 1.165) is 12.8 Å². The van der Waals surface area contributed by atoms with Crippen LogP contribution >= 0.6 is 0 Å². The van der Waals surface area contributed by atoms with Crippen LogP contribution < -0.4 is 5.32 Å². The lowest BCUT2D eigenvalue weighted by Crippen LogP contribution is -2.38. The molecule has 2 N–H and O–H groups in total. The number of hydrogen-bond donors (Lipinski definition) is 2. The van der Waals surface area contributed by atoms with Crippen LogP contribution in [0.15, 0.2) is 4.52 Å². The zero-order chi connectivity index (χ0) is 13.3. The first-order chi connectivity index (χ1) is 8.49. The number of carboxylic acid groups (broad SMARTS) is 1. The molecule has 0 spiro atoms. The van der Waals surface area contributed by atoms with Crippen molar-refractivity contribution in [1.29, 1.82) is 0 Å². The van der Waals surface area contributed by atoms with E-state index in [-0.39, 0.29) is 24.3 Å². The number of hydrogen-bond acceptors (Lipinski definition) is 4. The topological polar surface area (TPSA) is 92.4 Å². The average molecular weight is 252 g/mol. The average Bonchev–Trinajstić information content (AvgIpc) is 3.04. The number of carbonyl (C=O) groups is 2. The molecule has 0 saturated heterocycles. The molecule has 1 aliphatic rings. The van der Waals surface area contributed by atoms with Gasteiger partial charge >= 0.3 is 5.97 Å². The van der Waals surface area contributed by atoms with Crippen LogP contribution in [0.3, 0.4) is 0 Å². The van der Waals surface area contributed by atoms with Crippen LogP contribution in [0.5, 0.6) is 0 Å². The van der Waals surface area contributed by atoms with Gasteiger partial charge in [0.1, 0.15) is 11.3 Å². The Morgan fingerprint density at radius 2 is 2.17 bits per heavy atom. The van der Waals surface area contributed by atoms with Crippen molar-refractivity contribution >= 4 is 11.9 Å². The van der Waals surface area contributed by atoms with E-state index in [0.29, 0.717) is 17.0 Å². The summed E-state index contributed by atoms with van der Waals surface area (Å²) in [5.41, 5.74) is 0.931. The van der Waals surface area contributed by atoms with Gasteiger partial charge in [0, 0.05) is 6.04 Å². The molecule has 6 nitrogen and oxygen atoms in total. The van der Waals surface area contributed by atoms with Gasteiger partial charge in [-0.05, 0) is 32.6 Å². The third-order valence-corrected chi connectivity index (χ3v) is 3.16. The summed E-state index contributed by atoms with van der Waals surface area (Å²) in [6.45, 7) is 3.35. The quantitative estimate of drug-likeness (QED) is 0.823. The number of nitrogens with zero attached hydrogens (tertiary/aromatic N) is 1. The van der Waals surface area contributed by atoms with Crippen molar-refractivity contribution in [2.75, 3.05) is 0 Å². The van der Waals surface area contributed by atoms with Gasteiger partial charge < -0.3 is 14.9 Å². The minimum absolute atomic E-state index is 0.0419. The first-order valence-corrected chi connectivity index (χ1v) is 5.94. The molecular weight excluding hydrogens is 236 g/mol. The molecule has 0 bridgehead atoms. The van der Waals surface area contributed by atoms with E-state index in [4.69, 9.17) is 9.63 Å². The van der Waals surface area contributed by atoms with E-state index >= 15 is 0 Å². The molecule has 1 aromatic heterocycles. The predicted molar refractivity (Wildman–Crippen MR) is 62.2 cm³/mol. The Labute approximate surface area is 104 Å². The van der Waals surface area contributed by atoms with Crippen LogP contribution in [0.1, 0.15) is 41.1 Å². The van der Waals surface area contributed by atoms with Crippen LogP contribution in [0.4, 0.5) is 0 Å². The third-order valence-electron chi connectivity index (χ3n) is 3.16. The van der Waals surface area contributed by atoms with Crippen LogP contribution in [0.2, 0.25) is 0 Å². The SMILES string of the molecule is Cc1noc(C)c1C(=O)NC(CC(=O)O)C1CC1. The number of nitrogens with one attached hydrogen (secondary N) is 1. The van der Waals surface area contributed by atoms with E-state index in [1.54, 1.807) is 13.8 Å². The molecule has 2 rings (SSSR count). The number of aliphatic carboxylic acids is 1. The fourth-order valence-corrected chi connectivity index (χ4v) is 2.07. The maximum Gasteiger partial charge on any atom is 0.305 e. The molecule has 0 aliphatic heterocycles. The fraction of sp³-hybridized carbons (Fsp3) is 0.583. The van der Waals surface area contributed by atoms with Gasteiger partial charge in [-0.2, -0.15) is 0 Å². The number of carboxylic acids is 1. The molecule has 1 fully saturated rings. The molecule has 1 amide bonds. The Hall–Kier alpha value is -1.85. The molecule has 1 aromatic rings. The van der Waals surface area contributed by atoms with Crippen molar-refractivity contribution in [3.05, 3.63) is 17.0 Å². The van der Waals surface area contributed by atoms with Crippen LogP contribution in [0, 0.1) is 19.8 Å². The highest BCUT2D eigenvalue weighted by Crippen LogP contribution is 2.34. The lowest BCUT2D eigenvalue weighted by atomic mass is 10.1. The highest BCUT2D eigenvalue weighted by molar-refractivity contribution is 5.96. The van der Waals surface area contributed by atoms with E-state index in [2.05, 4.69) is 10.5 Å². The van der Waals surface area contributed by atoms with Crippen molar-refractivity contribution < 1.29 is 19.2 Å². The Bertz CT molecular complexity index is 457. The van der Waals surface area contributed by atoms with Crippen LogP contribution in [0.25, 0.3) is 0 Å². The lowest BCUT2D eigenvalue weighted by Gasteiger charge is -2.15. The Morgan fingerprint density at radius 3 is 2.61 bits per heavy atom. The molecule has 1 unspecified atom stereocenters. The molecule has 1 aliphatic carbocycles. The third kappa shape index (κ3) is 2.69. The summed E-state index contributed by atoms with van der Waals surface area (Å²) in [4.78, 5) is 22.8. The summed E-state index contributed by atoms with van der Waals surface area (Å²) < 4.78 is 4.93. The van der Waals surface area contributed by atoms with Crippen molar-refractivity contribution in [3.63, 3.8) is 0 Å². The molecular formula is C12H16N2O4. The second kappa shape index (κ2) is 4.80. The molecule has 1 saturated carbocycles. The van der Waals surface area contributed by atoms with E-state index in [9.17, 15) is 9.59 Å². The Kier molecular flexibility index (Phi) is 3.36. The maximum atomic E-state index is 12.1. The number of aryl methyl sites for hydroxylation is 2. The molecule has 1 heterocycles. The maximum absolute atomic E-state index is 12.1. The van der Waals surface area contributed by atoms with E-state index in [1.807, 2.05) is 0 Å². The molecule has 18 heavy (non-hydrogen) atoms. The highest BCUT2D eigenvalue weighted by atomic mass is 16.5. The first kappa shape index (κ1) is 12.6. The predicted octanol–water partition coefficient (Wildman–Crippen LogP) is 1.27. The smallest absolute Gasteiger partial charge is 0.305 e. The largest absolute Gasteiger partial charge is 0.481 e. The number of aromatic nitrogens is 1. The van der Waals surface area contributed by atoms with Crippen molar-refractivity contribution in [2.45, 2.75) is 39.2 Å². The standard InChI is InChI=1S/C12H16N2O4/c1-6-11(7(2)18-14-6)12(17)13-9(5-10(15)16)8-3-4-8/h8-9H,3-5H2,1-2H3,(H,13,17)(H,15,16). The van der Waals surface area contributed by atoms with Gasteiger partial charge in [-0.1, -0.05) is 5.16 Å². The van der Waals surface area contributed by atoms with Crippen LogP contribution in [-0.4, -0.2) is 28.2 Å². The summed E-state index contributed by atoms with van der Waals surface area (Å²) in [6.07, 6.45) is 1.90. The number of amides is 1. The van der Waals surface area contributed by atoms with E-state index < -0.39 is 5.97 Å². The Balaban J connectivity index is 2.07. The second-order valence-electron chi connectivity index (χ2n) is 4.71. The second-order valence-corrected chi connectivity index (χ2v) is 4.71. The van der Waals surface area contributed by atoms with Gasteiger partial charge in [0.25, 0.3) is 5.91 Å². The van der Waals surface area contributed by atoms with Crippen LogP contribution in [-0.2, 0) is 4.79 Å². The van der Waals surface area contributed by atoms with Gasteiger partial charge in [0.15, 0.2) is 0 Å². The normalized spacial score (nSPS) is 16.3. The van der Waals surface area contributed by atoms with Gasteiger partial charge in [-0.25, -0.2) is 0 Å². The molecule has 0 aromatic carbocycles. The summed E-state index contributed by atoms with van der Waals surface area (Å²) in [6, 6.07) is -0.302. The summed E-state index contributed by atoms with van der Waals surface area (Å²) in [5.74, 6) is -0.462. The summed E-state index contributed by atoms with van der Waals surface area (Å²) in [5, 5.41) is 15.3. The first-order valence-electron chi connectivity index (χ1n) is 5.94. The van der Waals surface area contributed by atoms with Crippen molar-refractivity contribution in [1.82, 2.24) is 10.5 Å². The van der Waals surface area contributed by atoms with Crippen molar-refractivity contribution in [2.24, 2.45) is 5.92 Å². The van der Waals surface area contributed by atoms with Gasteiger partial charge in [0.05, 0.1) is 12.1 Å². The summed E-state index contributed by atoms with van der Waals surface area (Å²) in [7, 11) is 0. The highest BCUT2D eigenvalue weighted by Gasteiger charge is 2.34. The van der Waals surface area contributed by atoms with Gasteiger partial charge in [-0.3, -0.25) is 9.59 Å². The Morgan fingerprint density at radius 1 is 1.50 bits per heavy atom.